The van der Waals surface area contributed by atoms with Crippen molar-refractivity contribution < 1.29 is 10.0 Å². The predicted molar refractivity (Wildman–Crippen MR) is 53.0 cm³/mol. The lowest BCUT2D eigenvalue weighted by atomic mass is 10.2. The molecule has 0 fully saturated rings. The zero-order chi connectivity index (χ0) is 9.14. The van der Waals surface area contributed by atoms with Crippen molar-refractivity contribution in [2.75, 3.05) is 0 Å². The van der Waals surface area contributed by atoms with Crippen molar-refractivity contribution in [1.82, 2.24) is 5.48 Å². The molecule has 1 aromatic carbocycles. The van der Waals surface area contributed by atoms with E-state index in [1.807, 2.05) is 0 Å². The summed E-state index contributed by atoms with van der Waals surface area (Å²) in [5.74, 6) is -0.717. The molecule has 13 heavy (non-hydrogen) atoms. The monoisotopic (exact) mass is 241 g/mol. The van der Waals surface area contributed by atoms with Crippen molar-refractivity contribution in [3.8, 4) is 0 Å². The molecule has 0 aliphatic rings. The first kappa shape index (κ1) is 12.5. The number of carbonyl (C=O) groups excluding carboxylic acids is 1. The Morgan fingerprint density at radius 1 is 1.31 bits per heavy atom. The Morgan fingerprint density at radius 3 is 2.15 bits per heavy atom. The highest BCUT2D eigenvalue weighted by Crippen LogP contribution is 2.23. The maximum absolute atomic E-state index is 10.9. The summed E-state index contributed by atoms with van der Waals surface area (Å²) >= 11 is 11.3. The molecule has 3 nitrogen and oxygen atoms in total. The highest BCUT2D eigenvalue weighted by Gasteiger charge is 2.12. The van der Waals surface area contributed by atoms with Gasteiger partial charge in [-0.05, 0) is 12.1 Å². The fourth-order valence-electron chi connectivity index (χ4n) is 0.771. The third-order valence-electron chi connectivity index (χ3n) is 1.29. The maximum atomic E-state index is 10.9. The number of hydroxylamine groups is 1. The van der Waals surface area contributed by atoms with Gasteiger partial charge in [-0.3, -0.25) is 10.0 Å². The summed E-state index contributed by atoms with van der Waals surface area (Å²) in [7, 11) is 0. The minimum Gasteiger partial charge on any atom is -0.288 e. The number of carbonyl (C=O) groups is 1. The summed E-state index contributed by atoms with van der Waals surface area (Å²) in [4.78, 5) is 10.9. The molecule has 0 aliphatic heterocycles. The number of hydrogen-bond donors (Lipinski definition) is 2. The van der Waals surface area contributed by atoms with Crippen LogP contribution in [0.3, 0.4) is 0 Å². The highest BCUT2D eigenvalue weighted by molar-refractivity contribution is 6.39. The van der Waals surface area contributed by atoms with Gasteiger partial charge in [0, 0.05) is 0 Å². The lowest BCUT2D eigenvalue weighted by molar-refractivity contribution is 0.0706. The number of nitrogens with one attached hydrogen (secondary N) is 1. The lowest BCUT2D eigenvalue weighted by Crippen LogP contribution is -2.19. The Kier molecular flexibility index (Phi) is 5.10. The van der Waals surface area contributed by atoms with Crippen LogP contribution >= 0.6 is 35.6 Å². The maximum Gasteiger partial charge on any atom is 0.277 e. The first-order chi connectivity index (χ1) is 5.66. The number of amides is 1. The van der Waals surface area contributed by atoms with E-state index in [0.29, 0.717) is 0 Å². The van der Waals surface area contributed by atoms with Crippen molar-refractivity contribution in [2.24, 2.45) is 0 Å². The molecule has 0 unspecified atom stereocenters. The molecule has 6 heteroatoms. The molecule has 0 heterocycles. The SMILES string of the molecule is Cl.O=C(NO)c1c(Cl)cccc1Cl. The molecule has 1 amide bonds. The highest BCUT2D eigenvalue weighted by atomic mass is 35.5. The zero-order valence-electron chi connectivity index (χ0n) is 6.25. The molecule has 0 saturated heterocycles. The summed E-state index contributed by atoms with van der Waals surface area (Å²) in [6.45, 7) is 0. The Labute approximate surface area is 91.0 Å². The average molecular weight is 242 g/mol. The van der Waals surface area contributed by atoms with Crippen LogP contribution in [0.5, 0.6) is 0 Å². The van der Waals surface area contributed by atoms with Crippen LogP contribution in [-0.4, -0.2) is 11.1 Å². The van der Waals surface area contributed by atoms with Crippen LogP contribution in [0.1, 0.15) is 10.4 Å². The molecular weight excluding hydrogens is 236 g/mol. The number of halogens is 3. The van der Waals surface area contributed by atoms with E-state index < -0.39 is 5.91 Å². The van der Waals surface area contributed by atoms with E-state index >= 15 is 0 Å². The van der Waals surface area contributed by atoms with Crippen molar-refractivity contribution in [1.29, 1.82) is 0 Å². The smallest absolute Gasteiger partial charge is 0.277 e. The minimum atomic E-state index is -0.717. The molecule has 0 spiro atoms. The third-order valence-corrected chi connectivity index (χ3v) is 1.92. The number of benzene rings is 1. The third kappa shape index (κ3) is 2.74. The van der Waals surface area contributed by atoms with E-state index in [9.17, 15) is 4.79 Å². The van der Waals surface area contributed by atoms with Gasteiger partial charge in [0.05, 0.1) is 15.6 Å². The molecule has 0 aliphatic carbocycles. The lowest BCUT2D eigenvalue weighted by Gasteiger charge is -2.02. The molecule has 0 saturated carbocycles. The quantitative estimate of drug-likeness (QED) is 0.587. The van der Waals surface area contributed by atoms with E-state index in [-0.39, 0.29) is 28.0 Å². The van der Waals surface area contributed by atoms with Gasteiger partial charge < -0.3 is 0 Å². The summed E-state index contributed by atoms with van der Waals surface area (Å²) in [5, 5.41) is 8.73. The predicted octanol–water partition coefficient (Wildman–Crippen LogP) is 2.53. The van der Waals surface area contributed by atoms with Crippen LogP contribution in [0, 0.1) is 0 Å². The van der Waals surface area contributed by atoms with E-state index in [1.54, 1.807) is 6.07 Å². The Hall–Kier alpha value is -0.480. The van der Waals surface area contributed by atoms with Crippen molar-refractivity contribution >= 4 is 41.5 Å². The fraction of sp³-hybridized carbons (Fsp3) is 0. The molecular formula is C7H6Cl3NO2. The van der Waals surface area contributed by atoms with E-state index in [0.717, 1.165) is 0 Å². The number of rotatable bonds is 1. The Bertz CT molecular complexity index is 296. The van der Waals surface area contributed by atoms with Crippen molar-refractivity contribution in [3.05, 3.63) is 33.8 Å². The molecule has 0 bridgehead atoms. The summed E-state index contributed by atoms with van der Waals surface area (Å²) < 4.78 is 0. The molecule has 0 radical (unpaired) electrons. The van der Waals surface area contributed by atoms with Crippen molar-refractivity contribution in [2.45, 2.75) is 0 Å². The van der Waals surface area contributed by atoms with E-state index in [2.05, 4.69) is 0 Å². The van der Waals surface area contributed by atoms with Crippen LogP contribution in [0.25, 0.3) is 0 Å². The van der Waals surface area contributed by atoms with Gasteiger partial charge in [0.15, 0.2) is 0 Å². The first-order valence-electron chi connectivity index (χ1n) is 3.05. The van der Waals surface area contributed by atoms with Gasteiger partial charge in [0.25, 0.3) is 5.91 Å². The molecule has 0 aromatic heterocycles. The van der Waals surface area contributed by atoms with Gasteiger partial charge in [-0.2, -0.15) is 0 Å². The molecule has 1 rings (SSSR count). The van der Waals surface area contributed by atoms with Crippen LogP contribution < -0.4 is 5.48 Å². The van der Waals surface area contributed by atoms with E-state index in [4.69, 9.17) is 28.4 Å². The molecule has 72 valence electrons. The van der Waals surface area contributed by atoms with Gasteiger partial charge in [-0.25, -0.2) is 5.48 Å². The van der Waals surface area contributed by atoms with Gasteiger partial charge >= 0.3 is 0 Å². The standard InChI is InChI=1S/C7H5Cl2NO2.ClH/c8-4-2-1-3-5(9)6(4)7(11)10-12;/h1-3,12H,(H,10,11);1H. The molecule has 2 N–H and O–H groups in total. The second-order valence-corrected chi connectivity index (χ2v) is 2.85. The largest absolute Gasteiger partial charge is 0.288 e. The van der Waals surface area contributed by atoms with Gasteiger partial charge in [-0.1, -0.05) is 29.3 Å². The van der Waals surface area contributed by atoms with Crippen LogP contribution in [0.2, 0.25) is 10.0 Å². The second-order valence-electron chi connectivity index (χ2n) is 2.04. The first-order valence-corrected chi connectivity index (χ1v) is 3.81. The summed E-state index contributed by atoms with van der Waals surface area (Å²) in [6, 6.07) is 4.63. The van der Waals surface area contributed by atoms with Gasteiger partial charge in [-0.15, -0.1) is 12.4 Å². The average Bonchev–Trinajstić information content (AvgIpc) is 2.03. The number of hydrogen-bond acceptors (Lipinski definition) is 2. The summed E-state index contributed by atoms with van der Waals surface area (Å²) in [6.07, 6.45) is 0. The molecule has 1 aromatic rings. The van der Waals surface area contributed by atoms with E-state index in [1.165, 1.54) is 17.6 Å². The van der Waals surface area contributed by atoms with Crippen LogP contribution in [0.15, 0.2) is 18.2 Å². The van der Waals surface area contributed by atoms with Crippen LogP contribution in [-0.2, 0) is 0 Å². The Balaban J connectivity index is 0.00000144. The molecule has 0 atom stereocenters. The van der Waals surface area contributed by atoms with Crippen LogP contribution in [0.4, 0.5) is 0 Å². The topological polar surface area (TPSA) is 49.3 Å². The zero-order valence-corrected chi connectivity index (χ0v) is 8.58. The summed E-state index contributed by atoms with van der Waals surface area (Å²) in [5.41, 5.74) is 1.53. The van der Waals surface area contributed by atoms with Gasteiger partial charge in [0.2, 0.25) is 0 Å². The Morgan fingerprint density at radius 2 is 1.77 bits per heavy atom. The fourth-order valence-corrected chi connectivity index (χ4v) is 1.34. The van der Waals surface area contributed by atoms with Crippen molar-refractivity contribution in [3.63, 3.8) is 0 Å². The minimum absolute atomic E-state index is 0. The normalized spacial score (nSPS) is 8.85. The second kappa shape index (κ2) is 5.29. The van der Waals surface area contributed by atoms with Gasteiger partial charge in [0.1, 0.15) is 0 Å².